The third-order valence-electron chi connectivity index (χ3n) is 3.42. The topological polar surface area (TPSA) is 50.1 Å². The van der Waals surface area contributed by atoms with E-state index in [0.29, 0.717) is 18.2 Å². The monoisotopic (exact) mass is 307 g/mol. The van der Waals surface area contributed by atoms with Crippen molar-refractivity contribution in [2.45, 2.75) is 32.4 Å². The number of rotatable bonds is 7. The molecule has 0 bridgehead atoms. The Morgan fingerprint density at radius 2 is 2.05 bits per heavy atom. The fourth-order valence-electron chi connectivity index (χ4n) is 2.33. The first-order chi connectivity index (χ1) is 10.1. The number of halogens is 1. The number of hydrogen-bond acceptors (Lipinski definition) is 3. The average molecular weight is 308 g/mol. The van der Waals surface area contributed by atoms with Gasteiger partial charge in [-0.1, -0.05) is 55.3 Å². The van der Waals surface area contributed by atoms with Gasteiger partial charge < -0.3 is 10.4 Å². The number of aliphatic hydroxyl groups excluding tert-OH is 1. The van der Waals surface area contributed by atoms with Gasteiger partial charge in [-0.3, -0.25) is 4.68 Å². The standard InChI is InChI=1S/C16H22ClN3O/c1-3-7-13(21)10-18-11-14-15(19-20(2)16(14)17)12-8-5-4-6-9-12/h4-6,8-9,13,18,21H,3,7,10-11H2,1-2H3. The van der Waals surface area contributed by atoms with Crippen molar-refractivity contribution in [3.63, 3.8) is 0 Å². The number of aliphatic hydroxyl groups is 1. The van der Waals surface area contributed by atoms with E-state index in [-0.39, 0.29) is 6.10 Å². The van der Waals surface area contributed by atoms with Gasteiger partial charge >= 0.3 is 0 Å². The van der Waals surface area contributed by atoms with E-state index in [2.05, 4.69) is 17.3 Å². The Hall–Kier alpha value is -1.36. The second-order valence-corrected chi connectivity index (χ2v) is 5.54. The van der Waals surface area contributed by atoms with Crippen molar-refractivity contribution in [1.29, 1.82) is 0 Å². The van der Waals surface area contributed by atoms with E-state index in [9.17, 15) is 5.11 Å². The molecule has 2 rings (SSSR count). The van der Waals surface area contributed by atoms with Crippen LogP contribution in [0.4, 0.5) is 0 Å². The van der Waals surface area contributed by atoms with Crippen LogP contribution in [-0.4, -0.2) is 27.5 Å². The Morgan fingerprint density at radius 3 is 2.71 bits per heavy atom. The zero-order chi connectivity index (χ0) is 15.2. The van der Waals surface area contributed by atoms with Crippen LogP contribution in [0.5, 0.6) is 0 Å². The van der Waals surface area contributed by atoms with E-state index >= 15 is 0 Å². The lowest BCUT2D eigenvalue weighted by Crippen LogP contribution is -2.26. The average Bonchev–Trinajstić information content (AvgIpc) is 2.77. The molecule has 1 atom stereocenters. The van der Waals surface area contributed by atoms with Crippen LogP contribution in [0.15, 0.2) is 30.3 Å². The SMILES string of the molecule is CCCC(O)CNCc1c(-c2ccccc2)nn(C)c1Cl. The highest BCUT2D eigenvalue weighted by atomic mass is 35.5. The van der Waals surface area contributed by atoms with Crippen LogP contribution in [0.1, 0.15) is 25.3 Å². The van der Waals surface area contributed by atoms with Crippen molar-refractivity contribution in [2.75, 3.05) is 6.54 Å². The minimum atomic E-state index is -0.314. The Labute approximate surface area is 130 Å². The van der Waals surface area contributed by atoms with Crippen molar-refractivity contribution in [3.8, 4) is 11.3 Å². The van der Waals surface area contributed by atoms with Gasteiger partial charge in [0, 0.05) is 31.3 Å². The summed E-state index contributed by atoms with van der Waals surface area (Å²) in [4.78, 5) is 0. The lowest BCUT2D eigenvalue weighted by Gasteiger charge is -2.11. The molecule has 5 heteroatoms. The first-order valence-electron chi connectivity index (χ1n) is 7.29. The van der Waals surface area contributed by atoms with Gasteiger partial charge in [-0.25, -0.2) is 0 Å². The van der Waals surface area contributed by atoms with Crippen LogP contribution in [0.25, 0.3) is 11.3 Å². The highest BCUT2D eigenvalue weighted by Gasteiger charge is 2.16. The smallest absolute Gasteiger partial charge is 0.131 e. The summed E-state index contributed by atoms with van der Waals surface area (Å²) in [5.74, 6) is 0. The first kappa shape index (κ1) is 16.0. The van der Waals surface area contributed by atoms with E-state index in [1.54, 1.807) is 4.68 Å². The largest absolute Gasteiger partial charge is 0.392 e. The maximum absolute atomic E-state index is 9.77. The summed E-state index contributed by atoms with van der Waals surface area (Å²) in [6.07, 6.45) is 1.47. The van der Waals surface area contributed by atoms with E-state index < -0.39 is 0 Å². The number of nitrogens with zero attached hydrogens (tertiary/aromatic N) is 2. The molecule has 1 aromatic carbocycles. The minimum Gasteiger partial charge on any atom is -0.392 e. The van der Waals surface area contributed by atoms with E-state index in [1.807, 2.05) is 37.4 Å². The molecule has 114 valence electrons. The fourth-order valence-corrected chi connectivity index (χ4v) is 2.53. The summed E-state index contributed by atoms with van der Waals surface area (Å²) in [6, 6.07) is 10.00. The van der Waals surface area contributed by atoms with Crippen molar-refractivity contribution in [2.24, 2.45) is 7.05 Å². The third kappa shape index (κ3) is 4.06. The molecule has 1 heterocycles. The van der Waals surface area contributed by atoms with Crippen LogP contribution in [0.2, 0.25) is 5.15 Å². The Kier molecular flexibility index (Phi) is 5.79. The predicted molar refractivity (Wildman–Crippen MR) is 86.3 cm³/mol. The second kappa shape index (κ2) is 7.59. The molecule has 2 N–H and O–H groups in total. The summed E-state index contributed by atoms with van der Waals surface area (Å²) < 4.78 is 1.68. The van der Waals surface area contributed by atoms with Gasteiger partial charge in [0.1, 0.15) is 5.15 Å². The molecule has 0 spiro atoms. The summed E-state index contributed by atoms with van der Waals surface area (Å²) in [7, 11) is 1.84. The third-order valence-corrected chi connectivity index (χ3v) is 3.89. The summed E-state index contributed by atoms with van der Waals surface area (Å²) >= 11 is 6.34. The van der Waals surface area contributed by atoms with Crippen molar-refractivity contribution >= 4 is 11.6 Å². The number of hydrogen-bond donors (Lipinski definition) is 2. The van der Waals surface area contributed by atoms with Crippen molar-refractivity contribution < 1.29 is 5.11 Å². The number of aromatic nitrogens is 2. The van der Waals surface area contributed by atoms with Gasteiger partial charge in [-0.15, -0.1) is 0 Å². The van der Waals surface area contributed by atoms with Crippen LogP contribution in [0, 0.1) is 0 Å². The van der Waals surface area contributed by atoms with Gasteiger partial charge in [0.2, 0.25) is 0 Å². The molecule has 0 fully saturated rings. The molecule has 0 saturated heterocycles. The molecular formula is C16H22ClN3O. The van der Waals surface area contributed by atoms with Gasteiger partial charge in [0.05, 0.1) is 11.8 Å². The van der Waals surface area contributed by atoms with Gasteiger partial charge in [0.25, 0.3) is 0 Å². The minimum absolute atomic E-state index is 0.314. The molecule has 0 aliphatic carbocycles. The van der Waals surface area contributed by atoms with Crippen LogP contribution >= 0.6 is 11.6 Å². The first-order valence-corrected chi connectivity index (χ1v) is 7.66. The maximum Gasteiger partial charge on any atom is 0.131 e. The molecular weight excluding hydrogens is 286 g/mol. The molecule has 0 saturated carbocycles. The van der Waals surface area contributed by atoms with Gasteiger partial charge in [-0.05, 0) is 6.42 Å². The second-order valence-electron chi connectivity index (χ2n) is 5.18. The molecule has 4 nitrogen and oxygen atoms in total. The van der Waals surface area contributed by atoms with Crippen LogP contribution < -0.4 is 5.32 Å². The molecule has 0 aliphatic rings. The molecule has 0 amide bonds. The number of aryl methyl sites for hydroxylation is 1. The number of nitrogens with one attached hydrogen (secondary N) is 1. The van der Waals surface area contributed by atoms with Crippen LogP contribution in [-0.2, 0) is 13.6 Å². The quantitative estimate of drug-likeness (QED) is 0.827. The van der Waals surface area contributed by atoms with E-state index in [1.165, 1.54) is 0 Å². The zero-order valence-electron chi connectivity index (χ0n) is 12.5. The van der Waals surface area contributed by atoms with Gasteiger partial charge in [0.15, 0.2) is 0 Å². The number of benzene rings is 1. The molecule has 21 heavy (non-hydrogen) atoms. The summed E-state index contributed by atoms with van der Waals surface area (Å²) in [6.45, 7) is 3.22. The van der Waals surface area contributed by atoms with Crippen molar-refractivity contribution in [1.82, 2.24) is 15.1 Å². The molecule has 1 aromatic heterocycles. The Morgan fingerprint density at radius 1 is 1.33 bits per heavy atom. The lowest BCUT2D eigenvalue weighted by atomic mass is 10.1. The molecule has 0 aliphatic heterocycles. The fraction of sp³-hybridized carbons (Fsp3) is 0.438. The lowest BCUT2D eigenvalue weighted by molar-refractivity contribution is 0.160. The molecule has 1 unspecified atom stereocenters. The van der Waals surface area contributed by atoms with E-state index in [0.717, 1.165) is 29.7 Å². The Bertz CT molecular complexity index is 568. The predicted octanol–water partition coefficient (Wildman–Crippen LogP) is 2.99. The normalized spacial score (nSPS) is 12.6. The Balaban J connectivity index is 2.12. The maximum atomic E-state index is 9.77. The van der Waals surface area contributed by atoms with Crippen LogP contribution in [0.3, 0.4) is 0 Å². The molecule has 2 aromatic rings. The molecule has 0 radical (unpaired) electrons. The van der Waals surface area contributed by atoms with Gasteiger partial charge in [-0.2, -0.15) is 5.10 Å². The zero-order valence-corrected chi connectivity index (χ0v) is 13.3. The van der Waals surface area contributed by atoms with E-state index in [4.69, 9.17) is 11.6 Å². The summed E-state index contributed by atoms with van der Waals surface area (Å²) in [5.41, 5.74) is 2.90. The van der Waals surface area contributed by atoms with Crippen molar-refractivity contribution in [3.05, 3.63) is 41.0 Å². The summed E-state index contributed by atoms with van der Waals surface area (Å²) in [5, 5.41) is 18.2. The highest BCUT2D eigenvalue weighted by Crippen LogP contribution is 2.27. The highest BCUT2D eigenvalue weighted by molar-refractivity contribution is 6.30.